The first-order valence-corrected chi connectivity index (χ1v) is 15.4. The molecule has 212 valence electrons. The van der Waals surface area contributed by atoms with Crippen LogP contribution in [0.3, 0.4) is 0 Å². The number of rotatable bonds is 10. The van der Waals surface area contributed by atoms with Gasteiger partial charge in [0.05, 0.1) is 10.6 Å². The third-order valence-corrected chi connectivity index (χ3v) is 9.58. The third-order valence-electron chi connectivity index (χ3n) is 7.17. The van der Waals surface area contributed by atoms with E-state index in [1.54, 1.807) is 55.5 Å². The van der Waals surface area contributed by atoms with E-state index in [-0.39, 0.29) is 23.4 Å². The normalized spacial score (nSPS) is 14.5. The highest BCUT2D eigenvalue weighted by Crippen LogP contribution is 2.27. The maximum absolute atomic E-state index is 14.0. The minimum atomic E-state index is -4.16. The van der Waals surface area contributed by atoms with Crippen LogP contribution in [0, 0.1) is 6.92 Å². The van der Waals surface area contributed by atoms with Crippen LogP contribution in [0.25, 0.3) is 0 Å². The first-order chi connectivity index (χ1) is 19.1. The fourth-order valence-electron chi connectivity index (χ4n) is 4.76. The SMILES string of the molecule is Cc1ccc(N(CC(=O)N(Cc2ccccc2Cl)[C@@H](C)C(=O)NC2CCCC2)S(=O)(=O)c2ccc(Cl)cc2)cc1. The van der Waals surface area contributed by atoms with E-state index >= 15 is 0 Å². The third kappa shape index (κ3) is 7.16. The Labute approximate surface area is 246 Å². The van der Waals surface area contributed by atoms with Crippen LogP contribution in [0.1, 0.15) is 43.7 Å². The van der Waals surface area contributed by atoms with E-state index in [0.717, 1.165) is 35.6 Å². The van der Waals surface area contributed by atoms with Crippen LogP contribution >= 0.6 is 23.2 Å². The van der Waals surface area contributed by atoms with Gasteiger partial charge in [0.1, 0.15) is 12.6 Å². The number of nitrogens with zero attached hydrogens (tertiary/aromatic N) is 2. The minimum absolute atomic E-state index is 0.00467. The molecule has 0 spiro atoms. The number of sulfonamides is 1. The number of carbonyl (C=O) groups is 2. The summed E-state index contributed by atoms with van der Waals surface area (Å²) in [5, 5.41) is 3.90. The zero-order chi connectivity index (χ0) is 28.9. The zero-order valence-corrected chi connectivity index (χ0v) is 24.8. The molecular weight excluding hydrogens is 569 g/mol. The summed E-state index contributed by atoms with van der Waals surface area (Å²) in [6.45, 7) is 3.08. The fraction of sp³-hybridized carbons (Fsp3) is 0.333. The first-order valence-electron chi connectivity index (χ1n) is 13.2. The number of aryl methyl sites for hydroxylation is 1. The molecule has 1 N–H and O–H groups in total. The molecule has 0 radical (unpaired) electrons. The molecule has 0 unspecified atom stereocenters. The Morgan fingerprint density at radius 3 is 2.20 bits per heavy atom. The zero-order valence-electron chi connectivity index (χ0n) is 22.5. The fourth-order valence-corrected chi connectivity index (χ4v) is 6.49. The van der Waals surface area contributed by atoms with Crippen molar-refractivity contribution in [2.45, 2.75) is 63.1 Å². The van der Waals surface area contributed by atoms with Gasteiger partial charge in [-0.25, -0.2) is 8.42 Å². The lowest BCUT2D eigenvalue weighted by Gasteiger charge is -2.32. The summed E-state index contributed by atoms with van der Waals surface area (Å²) in [6.07, 6.45) is 3.90. The number of carbonyl (C=O) groups excluding carboxylic acids is 2. The van der Waals surface area contributed by atoms with Crippen molar-refractivity contribution in [1.82, 2.24) is 10.2 Å². The smallest absolute Gasteiger partial charge is 0.264 e. The summed E-state index contributed by atoms with van der Waals surface area (Å²) in [6, 6.07) is 19.0. The van der Waals surface area contributed by atoms with Crippen molar-refractivity contribution in [2.24, 2.45) is 0 Å². The van der Waals surface area contributed by atoms with Crippen molar-refractivity contribution in [2.75, 3.05) is 10.8 Å². The molecule has 1 aliphatic carbocycles. The monoisotopic (exact) mass is 601 g/mol. The van der Waals surface area contributed by atoms with Crippen molar-refractivity contribution in [3.8, 4) is 0 Å². The van der Waals surface area contributed by atoms with Crippen molar-refractivity contribution in [3.05, 3.63) is 94.0 Å². The number of amides is 2. The van der Waals surface area contributed by atoms with Gasteiger partial charge in [-0.1, -0.05) is 71.9 Å². The molecule has 7 nitrogen and oxygen atoms in total. The van der Waals surface area contributed by atoms with Crippen molar-refractivity contribution >= 4 is 50.7 Å². The maximum Gasteiger partial charge on any atom is 0.264 e. The second kappa shape index (κ2) is 13.1. The first kappa shape index (κ1) is 29.9. The summed E-state index contributed by atoms with van der Waals surface area (Å²) < 4.78 is 28.8. The van der Waals surface area contributed by atoms with Crippen LogP contribution in [0.2, 0.25) is 10.0 Å². The van der Waals surface area contributed by atoms with Gasteiger partial charge in [-0.15, -0.1) is 0 Å². The van der Waals surface area contributed by atoms with E-state index in [2.05, 4.69) is 5.32 Å². The average Bonchev–Trinajstić information content (AvgIpc) is 3.44. The van der Waals surface area contributed by atoms with E-state index in [1.807, 2.05) is 6.92 Å². The van der Waals surface area contributed by atoms with Gasteiger partial charge in [0, 0.05) is 22.6 Å². The summed E-state index contributed by atoms with van der Waals surface area (Å²) in [4.78, 5) is 28.7. The van der Waals surface area contributed by atoms with Gasteiger partial charge in [0.2, 0.25) is 11.8 Å². The number of hydrogen-bond donors (Lipinski definition) is 1. The Hall–Kier alpha value is -3.07. The molecule has 4 rings (SSSR count). The van der Waals surface area contributed by atoms with Gasteiger partial charge in [-0.3, -0.25) is 13.9 Å². The summed E-state index contributed by atoms with van der Waals surface area (Å²) >= 11 is 12.4. The molecule has 0 bridgehead atoms. The molecule has 0 saturated heterocycles. The van der Waals surface area contributed by atoms with E-state index in [0.29, 0.717) is 21.3 Å². The van der Waals surface area contributed by atoms with Gasteiger partial charge in [0.15, 0.2) is 0 Å². The van der Waals surface area contributed by atoms with Crippen LogP contribution in [-0.4, -0.2) is 43.8 Å². The lowest BCUT2D eigenvalue weighted by molar-refractivity contribution is -0.139. The molecule has 1 atom stereocenters. The van der Waals surface area contributed by atoms with Gasteiger partial charge < -0.3 is 10.2 Å². The quantitative estimate of drug-likeness (QED) is 0.310. The average molecular weight is 603 g/mol. The molecule has 40 heavy (non-hydrogen) atoms. The molecule has 0 aromatic heterocycles. The molecule has 1 aliphatic rings. The van der Waals surface area contributed by atoms with Crippen molar-refractivity contribution in [1.29, 1.82) is 0 Å². The molecule has 3 aromatic rings. The molecular formula is C30H33Cl2N3O4S. The van der Waals surface area contributed by atoms with Crippen LogP contribution < -0.4 is 9.62 Å². The molecule has 0 heterocycles. The Morgan fingerprint density at radius 1 is 0.950 bits per heavy atom. The highest BCUT2D eigenvalue weighted by molar-refractivity contribution is 7.92. The predicted octanol–water partition coefficient (Wildman–Crippen LogP) is 5.97. The summed E-state index contributed by atoms with van der Waals surface area (Å²) in [5.74, 6) is -0.818. The van der Waals surface area contributed by atoms with E-state index < -0.39 is 28.5 Å². The van der Waals surface area contributed by atoms with E-state index in [1.165, 1.54) is 29.2 Å². The highest BCUT2D eigenvalue weighted by atomic mass is 35.5. The van der Waals surface area contributed by atoms with Crippen molar-refractivity contribution < 1.29 is 18.0 Å². The van der Waals surface area contributed by atoms with Crippen LogP contribution in [-0.2, 0) is 26.2 Å². The van der Waals surface area contributed by atoms with Gasteiger partial charge in [-0.2, -0.15) is 0 Å². The molecule has 3 aromatic carbocycles. The second-order valence-corrected chi connectivity index (χ2v) is 12.8. The summed E-state index contributed by atoms with van der Waals surface area (Å²) in [7, 11) is -4.16. The topological polar surface area (TPSA) is 86.8 Å². The van der Waals surface area contributed by atoms with Crippen LogP contribution in [0.15, 0.2) is 77.7 Å². The van der Waals surface area contributed by atoms with Gasteiger partial charge in [0.25, 0.3) is 10.0 Å². The van der Waals surface area contributed by atoms with Crippen LogP contribution in [0.4, 0.5) is 5.69 Å². The standard InChI is InChI=1S/C30H33Cl2N3O4S/c1-21-11-15-26(16-12-21)35(40(38,39)27-17-13-24(31)14-18-27)20-29(36)34(19-23-7-3-6-10-28(23)32)22(2)30(37)33-25-8-4-5-9-25/h3,6-7,10-18,22,25H,4-5,8-9,19-20H2,1-2H3,(H,33,37)/t22-/m0/s1. The lowest BCUT2D eigenvalue weighted by Crippen LogP contribution is -2.52. The van der Waals surface area contributed by atoms with E-state index in [4.69, 9.17) is 23.2 Å². The number of nitrogens with one attached hydrogen (secondary N) is 1. The maximum atomic E-state index is 14.0. The molecule has 1 saturated carbocycles. The largest absolute Gasteiger partial charge is 0.352 e. The predicted molar refractivity (Wildman–Crippen MR) is 159 cm³/mol. The minimum Gasteiger partial charge on any atom is -0.352 e. The molecule has 2 amide bonds. The number of anilines is 1. The molecule has 10 heteroatoms. The number of halogens is 2. The second-order valence-electron chi connectivity index (χ2n) is 10.1. The van der Waals surface area contributed by atoms with E-state index in [9.17, 15) is 18.0 Å². The Balaban J connectivity index is 1.69. The van der Waals surface area contributed by atoms with Crippen LogP contribution in [0.5, 0.6) is 0 Å². The highest BCUT2D eigenvalue weighted by Gasteiger charge is 2.33. The lowest BCUT2D eigenvalue weighted by atomic mass is 10.1. The van der Waals surface area contributed by atoms with Gasteiger partial charge in [-0.05, 0) is 74.7 Å². The van der Waals surface area contributed by atoms with Crippen molar-refractivity contribution in [3.63, 3.8) is 0 Å². The molecule has 0 aliphatic heterocycles. The number of benzene rings is 3. The van der Waals surface area contributed by atoms with Gasteiger partial charge >= 0.3 is 0 Å². The molecule has 1 fully saturated rings. The Kier molecular flexibility index (Phi) is 9.77. The summed E-state index contributed by atoms with van der Waals surface area (Å²) in [5.41, 5.74) is 1.92. The Morgan fingerprint density at radius 2 is 1.57 bits per heavy atom. The Bertz CT molecular complexity index is 1440. The number of hydrogen-bond acceptors (Lipinski definition) is 4.